The first-order valence-electron chi connectivity index (χ1n) is 10.2. The molecule has 2 aliphatic heterocycles. The molecule has 1 unspecified atom stereocenters. The number of fused-ring (bicyclic) bond motifs is 5. The summed E-state index contributed by atoms with van der Waals surface area (Å²) in [4.78, 5) is 30.4. The Bertz CT molecular complexity index is 1260. The first-order chi connectivity index (χ1) is 14.5. The molecule has 0 radical (unpaired) electrons. The number of hydrogen-bond acceptors (Lipinski definition) is 6. The fourth-order valence-electron chi connectivity index (χ4n) is 4.65. The van der Waals surface area contributed by atoms with Crippen molar-refractivity contribution in [2.24, 2.45) is 0 Å². The molecular weight excluding hydrogens is 384 g/mol. The highest BCUT2D eigenvalue weighted by molar-refractivity contribution is 5.89. The molecule has 0 amide bonds. The third-order valence-corrected chi connectivity index (χ3v) is 6.30. The number of rotatable bonds is 4. The largest absolute Gasteiger partial charge is 0.458 e. The smallest absolute Gasteiger partial charge is 0.343 e. The van der Waals surface area contributed by atoms with E-state index in [9.17, 15) is 19.8 Å². The number of carbonyl (C=O) groups excluding carboxylic acids is 1. The number of aryl methyl sites for hydroxylation is 1. The summed E-state index contributed by atoms with van der Waals surface area (Å²) in [7, 11) is 0. The van der Waals surface area contributed by atoms with Crippen molar-refractivity contribution in [3.8, 4) is 11.4 Å². The number of esters is 1. The fraction of sp³-hybridized carbons (Fsp3) is 0.348. The van der Waals surface area contributed by atoms with Gasteiger partial charge < -0.3 is 19.5 Å². The van der Waals surface area contributed by atoms with Gasteiger partial charge in [-0.25, -0.2) is 9.78 Å². The lowest BCUT2D eigenvalue weighted by Crippen LogP contribution is -2.44. The topological polar surface area (TPSA) is 102 Å². The van der Waals surface area contributed by atoms with E-state index in [0.29, 0.717) is 41.9 Å². The van der Waals surface area contributed by atoms with E-state index in [2.05, 4.69) is 0 Å². The number of aliphatic hydroxyl groups excluding tert-OH is 1. The minimum atomic E-state index is -1.83. The summed E-state index contributed by atoms with van der Waals surface area (Å²) in [5.74, 6) is -0.727. The summed E-state index contributed by atoms with van der Waals surface area (Å²) < 4.78 is 6.77. The molecule has 1 atom stereocenters. The second kappa shape index (κ2) is 6.75. The molecule has 0 aliphatic carbocycles. The summed E-state index contributed by atoms with van der Waals surface area (Å²) in [6.07, 6.45) is 1.40. The van der Waals surface area contributed by atoms with E-state index in [-0.39, 0.29) is 25.2 Å². The van der Waals surface area contributed by atoms with Gasteiger partial charge in [0.15, 0.2) is 5.60 Å². The first kappa shape index (κ1) is 19.0. The van der Waals surface area contributed by atoms with Crippen LogP contribution < -0.4 is 5.56 Å². The van der Waals surface area contributed by atoms with Gasteiger partial charge in [-0.2, -0.15) is 0 Å². The van der Waals surface area contributed by atoms with Crippen LogP contribution in [0.2, 0.25) is 0 Å². The maximum absolute atomic E-state index is 13.3. The van der Waals surface area contributed by atoms with Gasteiger partial charge >= 0.3 is 5.97 Å². The van der Waals surface area contributed by atoms with Gasteiger partial charge in [0.05, 0.1) is 29.0 Å². The number of nitrogens with zero attached hydrogens (tertiary/aromatic N) is 2. The first-order valence-corrected chi connectivity index (χ1v) is 10.2. The van der Waals surface area contributed by atoms with Crippen LogP contribution in [0.1, 0.15) is 42.0 Å². The van der Waals surface area contributed by atoms with Crippen LogP contribution in [0.4, 0.5) is 0 Å². The van der Waals surface area contributed by atoms with E-state index in [1.54, 1.807) is 17.6 Å². The molecule has 0 bridgehead atoms. The minimum Gasteiger partial charge on any atom is -0.458 e. The van der Waals surface area contributed by atoms with Crippen LogP contribution in [0.25, 0.3) is 22.3 Å². The maximum Gasteiger partial charge on any atom is 0.343 e. The number of pyridine rings is 2. The number of carbonyl (C=O) groups is 1. The molecule has 154 valence electrons. The predicted molar refractivity (Wildman–Crippen MR) is 110 cm³/mol. The monoisotopic (exact) mass is 406 g/mol. The van der Waals surface area contributed by atoms with Gasteiger partial charge in [0, 0.05) is 23.1 Å². The molecule has 0 saturated carbocycles. The van der Waals surface area contributed by atoms with Gasteiger partial charge in [0.25, 0.3) is 5.56 Å². The number of cyclic esters (lactones) is 1. The van der Waals surface area contributed by atoms with Crippen molar-refractivity contribution in [1.29, 1.82) is 0 Å². The average molecular weight is 406 g/mol. The van der Waals surface area contributed by atoms with E-state index in [1.807, 2.05) is 24.3 Å². The van der Waals surface area contributed by atoms with E-state index >= 15 is 0 Å². The summed E-state index contributed by atoms with van der Waals surface area (Å²) in [5, 5.41) is 21.4. The van der Waals surface area contributed by atoms with Crippen LogP contribution in [0.15, 0.2) is 35.1 Å². The number of aromatic nitrogens is 2. The van der Waals surface area contributed by atoms with Crippen molar-refractivity contribution >= 4 is 16.9 Å². The number of aliphatic hydroxyl groups is 2. The Morgan fingerprint density at radius 3 is 2.80 bits per heavy atom. The molecule has 2 aromatic heterocycles. The van der Waals surface area contributed by atoms with Gasteiger partial charge in [0.2, 0.25) is 0 Å². The number of ether oxygens (including phenoxy) is 1. The van der Waals surface area contributed by atoms with E-state index in [4.69, 9.17) is 9.72 Å². The molecule has 0 fully saturated rings. The minimum absolute atomic E-state index is 0.0790. The quantitative estimate of drug-likeness (QED) is 0.503. The Morgan fingerprint density at radius 2 is 2.03 bits per heavy atom. The molecule has 3 aromatic rings. The predicted octanol–water partition coefficient (Wildman–Crippen LogP) is 2.00. The highest BCUT2D eigenvalue weighted by Gasteiger charge is 2.45. The maximum atomic E-state index is 13.3. The van der Waals surface area contributed by atoms with Crippen LogP contribution in [0.3, 0.4) is 0 Å². The zero-order valence-corrected chi connectivity index (χ0v) is 16.6. The average Bonchev–Trinajstić information content (AvgIpc) is 3.13. The molecule has 30 heavy (non-hydrogen) atoms. The number of benzene rings is 1. The van der Waals surface area contributed by atoms with Crippen molar-refractivity contribution in [2.75, 3.05) is 6.61 Å². The van der Waals surface area contributed by atoms with Gasteiger partial charge in [-0.1, -0.05) is 25.1 Å². The Labute approximate surface area is 172 Å². The zero-order chi connectivity index (χ0) is 21.0. The molecule has 1 aromatic carbocycles. The second-order valence-electron chi connectivity index (χ2n) is 7.86. The molecule has 0 spiro atoms. The SMILES string of the molecule is CCC1(O)C(=O)OCc2c1cc1n(c2=O)Cc2c-1nc1ccccc1c2CCCO. The van der Waals surface area contributed by atoms with Crippen LogP contribution in [0, 0.1) is 0 Å². The number of para-hydroxylation sites is 1. The van der Waals surface area contributed by atoms with Crippen LogP contribution >= 0.6 is 0 Å². The van der Waals surface area contributed by atoms with Crippen LogP contribution in [0.5, 0.6) is 0 Å². The molecule has 2 aliphatic rings. The lowest BCUT2D eigenvalue weighted by atomic mass is 9.86. The fourth-order valence-corrected chi connectivity index (χ4v) is 4.65. The van der Waals surface area contributed by atoms with Crippen LogP contribution in [-0.2, 0) is 34.7 Å². The second-order valence-corrected chi connectivity index (χ2v) is 7.86. The molecule has 4 heterocycles. The summed E-state index contributed by atoms with van der Waals surface area (Å²) in [5.41, 5.74) is 2.67. The number of hydrogen-bond donors (Lipinski definition) is 2. The molecule has 7 heteroatoms. The van der Waals surface area contributed by atoms with Crippen LogP contribution in [-0.4, -0.2) is 32.3 Å². The Hall–Kier alpha value is -3.03. The van der Waals surface area contributed by atoms with Crippen molar-refractivity contribution < 1.29 is 19.7 Å². The molecule has 2 N–H and O–H groups in total. The van der Waals surface area contributed by atoms with E-state index < -0.39 is 11.6 Å². The molecule has 7 nitrogen and oxygen atoms in total. The molecule has 5 rings (SSSR count). The summed E-state index contributed by atoms with van der Waals surface area (Å²) >= 11 is 0. The third-order valence-electron chi connectivity index (χ3n) is 6.30. The lowest BCUT2D eigenvalue weighted by Gasteiger charge is -2.31. The van der Waals surface area contributed by atoms with E-state index in [0.717, 1.165) is 22.0 Å². The summed E-state index contributed by atoms with van der Waals surface area (Å²) in [6.45, 7) is 2.00. The highest BCUT2D eigenvalue weighted by Crippen LogP contribution is 2.40. The van der Waals surface area contributed by atoms with Gasteiger partial charge in [0.1, 0.15) is 6.61 Å². The van der Waals surface area contributed by atoms with Gasteiger partial charge in [-0.15, -0.1) is 0 Å². The van der Waals surface area contributed by atoms with Crippen molar-refractivity contribution in [2.45, 2.75) is 44.9 Å². The van der Waals surface area contributed by atoms with E-state index in [1.165, 1.54) is 0 Å². The standard InChI is InChI=1S/C23H22N2O5/c1-2-23(29)17-10-19-20-15(11-25(19)21(27)16(17)12-30-22(23)28)13(7-5-9-26)14-6-3-4-8-18(14)24-20/h3-4,6,8,10,26,29H,2,5,7,9,11-12H2,1H3. The highest BCUT2D eigenvalue weighted by atomic mass is 16.6. The van der Waals surface area contributed by atoms with Gasteiger partial charge in [-0.3, -0.25) is 4.79 Å². The van der Waals surface area contributed by atoms with Gasteiger partial charge in [-0.05, 0) is 37.0 Å². The third kappa shape index (κ3) is 2.49. The van der Waals surface area contributed by atoms with Crippen molar-refractivity contribution in [3.05, 3.63) is 62.9 Å². The lowest BCUT2D eigenvalue weighted by molar-refractivity contribution is -0.172. The Morgan fingerprint density at radius 1 is 1.23 bits per heavy atom. The molecular formula is C23H22N2O5. The normalized spacial score (nSPS) is 19.4. The Kier molecular flexibility index (Phi) is 4.27. The Balaban J connectivity index is 1.80. The molecule has 0 saturated heterocycles. The zero-order valence-electron chi connectivity index (χ0n) is 16.6. The summed E-state index contributed by atoms with van der Waals surface area (Å²) in [6, 6.07) is 9.53. The van der Waals surface area contributed by atoms with Crippen molar-refractivity contribution in [3.63, 3.8) is 0 Å². The van der Waals surface area contributed by atoms with Crippen molar-refractivity contribution in [1.82, 2.24) is 9.55 Å².